The number of nitrogens with one attached hydrogen (secondary N) is 1. The van der Waals surface area contributed by atoms with Gasteiger partial charge in [-0.25, -0.2) is 0 Å². The van der Waals surface area contributed by atoms with Crippen molar-refractivity contribution in [1.29, 1.82) is 0 Å². The third-order valence-electron chi connectivity index (χ3n) is 4.97. The minimum atomic E-state index is -0.00436. The lowest BCUT2D eigenvalue weighted by Gasteiger charge is -2.14. The van der Waals surface area contributed by atoms with Gasteiger partial charge in [-0.2, -0.15) is 0 Å². The molecule has 4 aromatic rings. The summed E-state index contributed by atoms with van der Waals surface area (Å²) >= 11 is 0. The van der Waals surface area contributed by atoms with E-state index >= 15 is 0 Å². The molecule has 0 spiro atoms. The highest BCUT2D eigenvalue weighted by Gasteiger charge is 2.13. The molecule has 0 atom stereocenters. The Labute approximate surface area is 164 Å². The van der Waals surface area contributed by atoms with E-state index in [4.69, 9.17) is 4.42 Å². The molecular weight excluding hydrogens is 348 g/mol. The molecule has 0 saturated carbocycles. The van der Waals surface area contributed by atoms with Gasteiger partial charge in [-0.05, 0) is 42.1 Å². The molecule has 0 bridgehead atoms. The second-order valence-corrected chi connectivity index (χ2v) is 7.38. The zero-order chi connectivity index (χ0) is 19.5. The first-order valence-corrected chi connectivity index (χ1v) is 9.48. The van der Waals surface area contributed by atoms with Gasteiger partial charge < -0.3 is 14.6 Å². The minimum Gasteiger partial charge on any atom is -0.464 e. The molecule has 4 nitrogen and oxygen atoms in total. The lowest BCUT2D eigenvalue weighted by Crippen LogP contribution is -2.25. The number of fused-ring (bicyclic) bond motifs is 3. The van der Waals surface area contributed by atoms with Crippen molar-refractivity contribution >= 4 is 27.6 Å². The molecule has 4 rings (SSSR count). The number of benzene rings is 3. The summed E-state index contributed by atoms with van der Waals surface area (Å²) in [6, 6.07) is 20.4. The number of hydrogen-bond acceptors (Lipinski definition) is 3. The summed E-state index contributed by atoms with van der Waals surface area (Å²) in [4.78, 5) is 14.8. The number of nitrogens with zero attached hydrogens (tertiary/aromatic N) is 1. The zero-order valence-electron chi connectivity index (χ0n) is 16.2. The van der Waals surface area contributed by atoms with Gasteiger partial charge in [0.1, 0.15) is 5.58 Å². The molecule has 0 fully saturated rings. The van der Waals surface area contributed by atoms with Gasteiger partial charge >= 0.3 is 0 Å². The van der Waals surface area contributed by atoms with Gasteiger partial charge in [-0.1, -0.05) is 54.6 Å². The van der Waals surface area contributed by atoms with Crippen LogP contribution in [0.5, 0.6) is 0 Å². The van der Waals surface area contributed by atoms with E-state index in [-0.39, 0.29) is 5.91 Å². The van der Waals surface area contributed by atoms with Crippen LogP contribution in [0.4, 0.5) is 0 Å². The van der Waals surface area contributed by atoms with E-state index in [2.05, 4.69) is 34.5 Å². The van der Waals surface area contributed by atoms with Crippen molar-refractivity contribution in [2.75, 3.05) is 14.1 Å². The van der Waals surface area contributed by atoms with Gasteiger partial charge in [0.15, 0.2) is 0 Å². The Bertz CT molecular complexity index is 1130. The predicted octanol–water partition coefficient (Wildman–Crippen LogP) is 4.51. The van der Waals surface area contributed by atoms with Crippen LogP contribution < -0.4 is 5.32 Å². The van der Waals surface area contributed by atoms with Gasteiger partial charge in [-0.15, -0.1) is 0 Å². The first kappa shape index (κ1) is 18.3. The van der Waals surface area contributed by atoms with Crippen molar-refractivity contribution in [3.63, 3.8) is 0 Å². The summed E-state index contributed by atoms with van der Waals surface area (Å²) in [5.41, 5.74) is 4.11. The summed E-state index contributed by atoms with van der Waals surface area (Å²) in [6.45, 7) is 1.38. The van der Waals surface area contributed by atoms with E-state index in [0.717, 1.165) is 39.4 Å². The van der Waals surface area contributed by atoms with E-state index in [1.165, 1.54) is 5.56 Å². The van der Waals surface area contributed by atoms with Crippen molar-refractivity contribution in [3.05, 3.63) is 83.6 Å². The minimum absolute atomic E-state index is 0.00436. The number of carbonyl (C=O) groups is 1. The maximum absolute atomic E-state index is 12.6. The molecule has 0 radical (unpaired) electrons. The van der Waals surface area contributed by atoms with Gasteiger partial charge in [0.25, 0.3) is 0 Å². The fraction of sp³-hybridized carbons (Fsp3) is 0.208. The largest absolute Gasteiger partial charge is 0.464 e. The third-order valence-corrected chi connectivity index (χ3v) is 4.97. The molecule has 1 aromatic heterocycles. The average Bonchev–Trinajstić information content (AvgIpc) is 3.10. The Hall–Kier alpha value is -3.11. The summed E-state index contributed by atoms with van der Waals surface area (Å²) in [5.74, 6) is -0.00436. The van der Waals surface area contributed by atoms with Gasteiger partial charge in [-0.3, -0.25) is 4.79 Å². The fourth-order valence-electron chi connectivity index (χ4n) is 3.66. The maximum Gasteiger partial charge on any atom is 0.224 e. The fourth-order valence-corrected chi connectivity index (χ4v) is 3.66. The summed E-state index contributed by atoms with van der Waals surface area (Å²) in [6.07, 6.45) is 2.01. The van der Waals surface area contributed by atoms with Crippen molar-refractivity contribution in [2.45, 2.75) is 19.5 Å². The van der Waals surface area contributed by atoms with Crippen molar-refractivity contribution in [3.8, 4) is 0 Å². The lowest BCUT2D eigenvalue weighted by atomic mass is 10.0. The van der Waals surface area contributed by atoms with E-state index in [9.17, 15) is 4.79 Å². The second-order valence-electron chi connectivity index (χ2n) is 7.38. The predicted molar refractivity (Wildman–Crippen MR) is 113 cm³/mol. The molecule has 0 saturated heterocycles. The normalized spacial score (nSPS) is 11.4. The third kappa shape index (κ3) is 3.78. The summed E-state index contributed by atoms with van der Waals surface area (Å²) < 4.78 is 5.70. The topological polar surface area (TPSA) is 45.5 Å². The zero-order valence-corrected chi connectivity index (χ0v) is 16.2. The molecule has 1 N–H and O–H groups in total. The van der Waals surface area contributed by atoms with Crippen LogP contribution in [0.1, 0.15) is 16.7 Å². The molecule has 0 aliphatic heterocycles. The molecule has 142 valence electrons. The van der Waals surface area contributed by atoms with Crippen molar-refractivity contribution in [1.82, 2.24) is 10.2 Å². The number of rotatable bonds is 6. The van der Waals surface area contributed by atoms with Crippen LogP contribution in [0.25, 0.3) is 21.7 Å². The Kier molecular flexibility index (Phi) is 5.13. The highest BCUT2D eigenvalue weighted by Crippen LogP contribution is 2.30. The Morgan fingerprint density at radius 3 is 2.50 bits per heavy atom. The first-order chi connectivity index (χ1) is 13.6. The summed E-state index contributed by atoms with van der Waals surface area (Å²) in [7, 11) is 4.09. The van der Waals surface area contributed by atoms with Crippen molar-refractivity contribution in [2.24, 2.45) is 0 Å². The smallest absolute Gasteiger partial charge is 0.224 e. The molecule has 4 heteroatoms. The first-order valence-electron chi connectivity index (χ1n) is 9.48. The molecule has 1 heterocycles. The van der Waals surface area contributed by atoms with Gasteiger partial charge in [0.2, 0.25) is 5.91 Å². The van der Waals surface area contributed by atoms with Crippen molar-refractivity contribution < 1.29 is 9.21 Å². The average molecular weight is 372 g/mol. The van der Waals surface area contributed by atoms with Crippen LogP contribution in [0.15, 0.2) is 71.3 Å². The van der Waals surface area contributed by atoms with Crippen LogP contribution in [-0.4, -0.2) is 24.9 Å². The molecule has 28 heavy (non-hydrogen) atoms. The standard InChI is InChI=1S/C24H24N2O2/c1-26(2)15-19-9-4-3-8-18(19)14-25-23(27)13-20-16-28-22-12-11-17-7-5-6-10-21(17)24(20)22/h3-12,16H,13-15H2,1-2H3,(H,25,27). The van der Waals surface area contributed by atoms with Crippen LogP contribution in [0.2, 0.25) is 0 Å². The molecule has 0 aliphatic carbocycles. The van der Waals surface area contributed by atoms with E-state index in [1.54, 1.807) is 6.26 Å². The molecule has 1 amide bonds. The molecule has 0 unspecified atom stereocenters. The van der Waals surface area contributed by atoms with Crippen LogP contribution in [0, 0.1) is 0 Å². The van der Waals surface area contributed by atoms with E-state index in [1.807, 2.05) is 50.5 Å². The monoisotopic (exact) mass is 372 g/mol. The Morgan fingerprint density at radius 1 is 0.929 bits per heavy atom. The molecule has 3 aromatic carbocycles. The Balaban J connectivity index is 1.52. The van der Waals surface area contributed by atoms with Gasteiger partial charge in [0, 0.05) is 24.0 Å². The van der Waals surface area contributed by atoms with Crippen LogP contribution in [-0.2, 0) is 24.3 Å². The van der Waals surface area contributed by atoms with E-state index < -0.39 is 0 Å². The number of furan rings is 1. The second kappa shape index (κ2) is 7.87. The lowest BCUT2D eigenvalue weighted by molar-refractivity contribution is -0.120. The molecule has 0 aliphatic rings. The molecular formula is C24H24N2O2. The van der Waals surface area contributed by atoms with Crippen LogP contribution >= 0.6 is 0 Å². The number of hydrogen-bond donors (Lipinski definition) is 1. The highest BCUT2D eigenvalue weighted by atomic mass is 16.3. The van der Waals surface area contributed by atoms with E-state index in [0.29, 0.717) is 13.0 Å². The highest BCUT2D eigenvalue weighted by molar-refractivity contribution is 6.08. The maximum atomic E-state index is 12.6. The van der Waals surface area contributed by atoms with Crippen LogP contribution in [0.3, 0.4) is 0 Å². The quantitative estimate of drug-likeness (QED) is 0.542. The number of carbonyl (C=O) groups excluding carboxylic acids is 1. The van der Waals surface area contributed by atoms with Gasteiger partial charge in [0.05, 0.1) is 12.7 Å². The Morgan fingerprint density at radius 2 is 1.68 bits per heavy atom. The summed E-state index contributed by atoms with van der Waals surface area (Å²) in [5, 5.41) is 6.36. The SMILES string of the molecule is CN(C)Cc1ccccc1CNC(=O)Cc1coc2ccc3ccccc3c12. The number of amides is 1.